The summed E-state index contributed by atoms with van der Waals surface area (Å²) in [6, 6.07) is 11.6. The van der Waals surface area contributed by atoms with E-state index in [0.717, 1.165) is 9.13 Å². The zero-order valence-electron chi connectivity index (χ0n) is 11.2. The first kappa shape index (κ1) is 15.3. The van der Waals surface area contributed by atoms with E-state index in [1.807, 2.05) is 18.2 Å². The molecule has 0 unspecified atom stereocenters. The number of carbonyl (C=O) groups excluding carboxylic acids is 1. The number of rotatable bonds is 3. The van der Waals surface area contributed by atoms with E-state index in [-0.39, 0.29) is 5.56 Å². The molecule has 21 heavy (non-hydrogen) atoms. The SMILES string of the molecule is Cc1ccc(C(=O)O)cc1NC(=O)Nc1ccccc1I. The monoisotopic (exact) mass is 396 g/mol. The van der Waals surface area contributed by atoms with Crippen LogP contribution in [-0.4, -0.2) is 17.1 Å². The van der Waals surface area contributed by atoms with Gasteiger partial charge in [0.15, 0.2) is 0 Å². The normalized spacial score (nSPS) is 10.0. The predicted molar refractivity (Wildman–Crippen MR) is 89.9 cm³/mol. The number of anilines is 2. The Kier molecular flexibility index (Phi) is 4.79. The molecule has 2 aromatic rings. The number of nitrogens with one attached hydrogen (secondary N) is 2. The molecule has 0 heterocycles. The Hall–Kier alpha value is -2.09. The average Bonchev–Trinajstić information content (AvgIpc) is 2.43. The number of benzene rings is 2. The minimum absolute atomic E-state index is 0.130. The number of hydrogen-bond acceptors (Lipinski definition) is 2. The van der Waals surface area contributed by atoms with Crippen LogP contribution in [-0.2, 0) is 0 Å². The summed E-state index contributed by atoms with van der Waals surface area (Å²) in [5.41, 5.74) is 2.09. The molecule has 0 radical (unpaired) electrons. The molecule has 0 aliphatic heterocycles. The fourth-order valence-corrected chi connectivity index (χ4v) is 2.25. The maximum absolute atomic E-state index is 12.0. The summed E-state index contributed by atoms with van der Waals surface area (Å²) < 4.78 is 0.918. The first-order valence-corrected chi connectivity index (χ1v) is 7.21. The molecule has 0 aliphatic carbocycles. The number of para-hydroxylation sites is 1. The molecular formula is C15H13IN2O3. The topological polar surface area (TPSA) is 78.4 Å². The van der Waals surface area contributed by atoms with Crippen LogP contribution in [0.15, 0.2) is 42.5 Å². The van der Waals surface area contributed by atoms with E-state index in [1.165, 1.54) is 12.1 Å². The molecule has 0 bridgehead atoms. The van der Waals surface area contributed by atoms with Crippen molar-refractivity contribution in [3.63, 3.8) is 0 Å². The van der Waals surface area contributed by atoms with Gasteiger partial charge in [-0.1, -0.05) is 18.2 Å². The molecule has 2 amide bonds. The Morgan fingerprint density at radius 1 is 1.05 bits per heavy atom. The van der Waals surface area contributed by atoms with Crippen molar-refractivity contribution in [2.24, 2.45) is 0 Å². The van der Waals surface area contributed by atoms with E-state index in [0.29, 0.717) is 11.4 Å². The molecule has 0 aliphatic rings. The fourth-order valence-electron chi connectivity index (χ4n) is 1.73. The molecule has 3 N–H and O–H groups in total. The molecule has 0 saturated carbocycles. The third-order valence-electron chi connectivity index (χ3n) is 2.85. The van der Waals surface area contributed by atoms with Crippen LogP contribution in [0, 0.1) is 10.5 Å². The van der Waals surface area contributed by atoms with Gasteiger partial charge in [0, 0.05) is 9.26 Å². The van der Waals surface area contributed by atoms with Crippen molar-refractivity contribution >= 4 is 46.0 Å². The molecule has 6 heteroatoms. The number of amides is 2. The smallest absolute Gasteiger partial charge is 0.335 e. The lowest BCUT2D eigenvalue weighted by atomic mass is 10.1. The van der Waals surface area contributed by atoms with Crippen molar-refractivity contribution in [2.45, 2.75) is 6.92 Å². The highest BCUT2D eigenvalue weighted by Gasteiger charge is 2.10. The molecule has 2 rings (SSSR count). The van der Waals surface area contributed by atoms with Gasteiger partial charge in [0.1, 0.15) is 0 Å². The Morgan fingerprint density at radius 3 is 2.38 bits per heavy atom. The van der Waals surface area contributed by atoms with E-state index in [1.54, 1.807) is 19.1 Å². The third-order valence-corrected chi connectivity index (χ3v) is 3.80. The summed E-state index contributed by atoms with van der Waals surface area (Å²) in [5, 5.41) is 14.4. The van der Waals surface area contributed by atoms with Crippen molar-refractivity contribution in [2.75, 3.05) is 10.6 Å². The Morgan fingerprint density at radius 2 is 1.71 bits per heavy atom. The Labute approximate surface area is 135 Å². The number of aryl methyl sites for hydroxylation is 1. The number of carbonyl (C=O) groups is 2. The second-order valence-corrected chi connectivity index (χ2v) is 5.56. The maximum atomic E-state index is 12.0. The van der Waals surface area contributed by atoms with E-state index in [9.17, 15) is 9.59 Å². The number of aromatic carboxylic acids is 1. The van der Waals surface area contributed by atoms with Gasteiger partial charge in [0.2, 0.25) is 0 Å². The summed E-state index contributed by atoms with van der Waals surface area (Å²) in [7, 11) is 0. The first-order chi connectivity index (χ1) is 9.97. The van der Waals surface area contributed by atoms with E-state index in [2.05, 4.69) is 33.2 Å². The Bertz CT molecular complexity index is 701. The van der Waals surface area contributed by atoms with Crippen LogP contribution in [0.4, 0.5) is 16.2 Å². The second kappa shape index (κ2) is 6.57. The Balaban J connectivity index is 2.15. The maximum Gasteiger partial charge on any atom is 0.335 e. The van der Waals surface area contributed by atoms with Crippen molar-refractivity contribution in [1.82, 2.24) is 0 Å². The molecule has 0 aromatic heterocycles. The lowest BCUT2D eigenvalue weighted by Crippen LogP contribution is -2.20. The van der Waals surface area contributed by atoms with Gasteiger partial charge in [0.25, 0.3) is 0 Å². The molecular weight excluding hydrogens is 383 g/mol. The zero-order chi connectivity index (χ0) is 15.4. The molecule has 0 saturated heterocycles. The fraction of sp³-hybridized carbons (Fsp3) is 0.0667. The molecule has 2 aromatic carbocycles. The van der Waals surface area contributed by atoms with Crippen molar-refractivity contribution in [3.05, 3.63) is 57.2 Å². The first-order valence-electron chi connectivity index (χ1n) is 6.14. The standard InChI is InChI=1S/C15H13IN2O3/c1-9-6-7-10(14(19)20)8-13(9)18-15(21)17-12-5-3-2-4-11(12)16/h2-8H,1H3,(H,19,20)(H2,17,18,21). The summed E-state index contributed by atoms with van der Waals surface area (Å²) in [6.07, 6.45) is 0. The largest absolute Gasteiger partial charge is 0.478 e. The van der Waals surface area contributed by atoms with E-state index in [4.69, 9.17) is 5.11 Å². The third kappa shape index (κ3) is 3.94. The van der Waals surface area contributed by atoms with Crippen molar-refractivity contribution < 1.29 is 14.7 Å². The highest BCUT2D eigenvalue weighted by Crippen LogP contribution is 2.19. The number of halogens is 1. The van der Waals surface area contributed by atoms with Crippen LogP contribution < -0.4 is 10.6 Å². The highest BCUT2D eigenvalue weighted by molar-refractivity contribution is 14.1. The predicted octanol–water partition coefficient (Wildman–Crippen LogP) is 3.94. The van der Waals surface area contributed by atoms with Gasteiger partial charge >= 0.3 is 12.0 Å². The van der Waals surface area contributed by atoms with Crippen LogP contribution in [0.5, 0.6) is 0 Å². The second-order valence-electron chi connectivity index (χ2n) is 4.39. The zero-order valence-corrected chi connectivity index (χ0v) is 13.3. The quantitative estimate of drug-likeness (QED) is 0.688. The summed E-state index contributed by atoms with van der Waals surface area (Å²) in [4.78, 5) is 23.0. The molecule has 0 atom stereocenters. The van der Waals surface area contributed by atoms with Crippen LogP contribution in [0.3, 0.4) is 0 Å². The average molecular weight is 396 g/mol. The molecule has 5 nitrogen and oxygen atoms in total. The van der Waals surface area contributed by atoms with Crippen LogP contribution in [0.1, 0.15) is 15.9 Å². The van der Waals surface area contributed by atoms with Crippen LogP contribution in [0.2, 0.25) is 0 Å². The minimum Gasteiger partial charge on any atom is -0.478 e. The van der Waals surface area contributed by atoms with Gasteiger partial charge in [-0.15, -0.1) is 0 Å². The molecule has 0 spiro atoms. The van der Waals surface area contributed by atoms with Gasteiger partial charge < -0.3 is 15.7 Å². The lowest BCUT2D eigenvalue weighted by Gasteiger charge is -2.11. The van der Waals surface area contributed by atoms with Gasteiger partial charge in [-0.05, 0) is 59.3 Å². The minimum atomic E-state index is -1.03. The number of carboxylic acids is 1. The number of hydrogen-bond donors (Lipinski definition) is 3. The molecule has 0 fully saturated rings. The van der Waals surface area contributed by atoms with Gasteiger partial charge in [0.05, 0.1) is 11.3 Å². The van der Waals surface area contributed by atoms with Crippen molar-refractivity contribution in [3.8, 4) is 0 Å². The van der Waals surface area contributed by atoms with Crippen LogP contribution >= 0.6 is 22.6 Å². The number of urea groups is 1. The van der Waals surface area contributed by atoms with E-state index < -0.39 is 12.0 Å². The van der Waals surface area contributed by atoms with Gasteiger partial charge in [-0.25, -0.2) is 9.59 Å². The lowest BCUT2D eigenvalue weighted by molar-refractivity contribution is 0.0697. The number of carboxylic acid groups (broad SMARTS) is 1. The molecule has 108 valence electrons. The van der Waals surface area contributed by atoms with Crippen molar-refractivity contribution in [1.29, 1.82) is 0 Å². The van der Waals surface area contributed by atoms with Crippen LogP contribution in [0.25, 0.3) is 0 Å². The highest BCUT2D eigenvalue weighted by atomic mass is 127. The van der Waals surface area contributed by atoms with Gasteiger partial charge in [-0.2, -0.15) is 0 Å². The van der Waals surface area contributed by atoms with E-state index >= 15 is 0 Å². The summed E-state index contributed by atoms with van der Waals surface area (Å²) in [5.74, 6) is -1.03. The summed E-state index contributed by atoms with van der Waals surface area (Å²) >= 11 is 2.13. The van der Waals surface area contributed by atoms with Gasteiger partial charge in [-0.3, -0.25) is 0 Å². The summed E-state index contributed by atoms with van der Waals surface area (Å²) in [6.45, 7) is 1.80.